The van der Waals surface area contributed by atoms with Gasteiger partial charge in [0.25, 0.3) is 11.8 Å². The minimum atomic E-state index is -0.144. The minimum Gasteiger partial charge on any atom is -0.493 e. The molecule has 0 atom stereocenters. The van der Waals surface area contributed by atoms with Crippen LogP contribution < -0.4 is 24.4 Å². The van der Waals surface area contributed by atoms with Crippen molar-refractivity contribution in [2.75, 3.05) is 32.3 Å². The first-order valence-corrected chi connectivity index (χ1v) is 12.4. The number of carbonyl (C=O) groups excluding carboxylic acids is 2. The monoisotopic (exact) mass is 502 g/mol. The second-order valence-corrected chi connectivity index (χ2v) is 10.1. The third-order valence-corrected chi connectivity index (χ3v) is 6.47. The summed E-state index contributed by atoms with van der Waals surface area (Å²) in [5.41, 5.74) is 4.41. The van der Waals surface area contributed by atoms with Gasteiger partial charge in [-0.2, -0.15) is 0 Å². The van der Waals surface area contributed by atoms with Gasteiger partial charge in [-0.25, -0.2) is 0 Å². The summed E-state index contributed by atoms with van der Waals surface area (Å²) in [5, 5.41) is 2.96. The predicted molar refractivity (Wildman–Crippen MR) is 144 cm³/mol. The van der Waals surface area contributed by atoms with E-state index >= 15 is 0 Å². The number of anilines is 1. The zero-order chi connectivity index (χ0) is 26.6. The molecule has 7 nitrogen and oxygen atoms in total. The molecule has 194 valence electrons. The van der Waals surface area contributed by atoms with Crippen LogP contribution in [0, 0.1) is 0 Å². The fraction of sp³-hybridized carbons (Fsp3) is 0.333. The molecule has 0 saturated heterocycles. The summed E-state index contributed by atoms with van der Waals surface area (Å²) >= 11 is 0. The summed E-state index contributed by atoms with van der Waals surface area (Å²) in [6.07, 6.45) is 0.666. The van der Waals surface area contributed by atoms with Gasteiger partial charge in [0.2, 0.25) is 0 Å². The summed E-state index contributed by atoms with van der Waals surface area (Å²) in [6, 6.07) is 19.1. The number of nitrogens with one attached hydrogen (secondary N) is 1. The standard InChI is InChI=1S/C30H34N2O5/c1-30(2,3)23-11-13-25-24(17-23)32(28(33)19-37-25)18-21-6-9-22(10-7-21)29(34)31-15-14-20-8-12-26(35-4)27(16-20)36-5/h6-13,16-17H,14-15,18-19H2,1-5H3,(H,31,34). The van der Waals surface area contributed by atoms with E-state index in [0.29, 0.717) is 42.3 Å². The Bertz CT molecular complexity index is 1280. The van der Waals surface area contributed by atoms with Crippen LogP contribution in [-0.4, -0.2) is 39.2 Å². The molecule has 0 radical (unpaired) electrons. The molecular formula is C30H34N2O5. The van der Waals surface area contributed by atoms with Gasteiger partial charge >= 0.3 is 0 Å². The van der Waals surface area contributed by atoms with Gasteiger partial charge in [-0.3, -0.25) is 9.59 Å². The molecule has 0 aliphatic carbocycles. The number of amides is 2. The van der Waals surface area contributed by atoms with Gasteiger partial charge in [0.15, 0.2) is 18.1 Å². The number of fused-ring (bicyclic) bond motifs is 1. The van der Waals surface area contributed by atoms with Crippen LogP contribution in [0.25, 0.3) is 0 Å². The summed E-state index contributed by atoms with van der Waals surface area (Å²) in [7, 11) is 3.20. The maximum absolute atomic E-state index is 12.7. The number of hydrogen-bond acceptors (Lipinski definition) is 5. The molecule has 1 heterocycles. The molecule has 0 bridgehead atoms. The number of ether oxygens (including phenoxy) is 3. The number of benzene rings is 3. The molecule has 0 fully saturated rings. The summed E-state index contributed by atoms with van der Waals surface area (Å²) in [4.78, 5) is 27.2. The van der Waals surface area contributed by atoms with Gasteiger partial charge in [-0.05, 0) is 64.9 Å². The van der Waals surface area contributed by atoms with E-state index in [2.05, 4.69) is 26.1 Å². The van der Waals surface area contributed by atoms with Crippen molar-refractivity contribution in [2.45, 2.75) is 39.2 Å². The highest BCUT2D eigenvalue weighted by Crippen LogP contribution is 2.37. The number of methoxy groups -OCH3 is 2. The van der Waals surface area contributed by atoms with Crippen LogP contribution in [0.3, 0.4) is 0 Å². The summed E-state index contributed by atoms with van der Waals surface area (Å²) in [5.74, 6) is 1.81. The minimum absolute atomic E-state index is 0.0163. The largest absolute Gasteiger partial charge is 0.493 e. The highest BCUT2D eigenvalue weighted by molar-refractivity contribution is 5.98. The van der Waals surface area contributed by atoms with E-state index in [1.54, 1.807) is 31.3 Å². The van der Waals surface area contributed by atoms with Crippen LogP contribution in [0.15, 0.2) is 60.7 Å². The fourth-order valence-electron chi connectivity index (χ4n) is 4.24. The Balaban J connectivity index is 1.39. The maximum atomic E-state index is 12.7. The molecule has 0 spiro atoms. The van der Waals surface area contributed by atoms with Crippen molar-refractivity contribution >= 4 is 17.5 Å². The molecule has 3 aromatic carbocycles. The Morgan fingerprint density at radius 1 is 0.946 bits per heavy atom. The topological polar surface area (TPSA) is 77.1 Å². The van der Waals surface area contributed by atoms with Crippen LogP contribution in [0.1, 0.15) is 47.8 Å². The molecule has 2 amide bonds. The van der Waals surface area contributed by atoms with Crippen LogP contribution >= 0.6 is 0 Å². The Kier molecular flexibility index (Phi) is 7.71. The van der Waals surface area contributed by atoms with E-state index in [1.807, 2.05) is 48.5 Å². The molecule has 0 aromatic heterocycles. The number of rotatable bonds is 8. The Morgan fingerprint density at radius 2 is 1.65 bits per heavy atom. The number of carbonyl (C=O) groups is 2. The van der Waals surface area contributed by atoms with Gasteiger partial charge in [0.1, 0.15) is 5.75 Å². The number of nitrogens with zero attached hydrogens (tertiary/aromatic N) is 1. The maximum Gasteiger partial charge on any atom is 0.265 e. The molecule has 37 heavy (non-hydrogen) atoms. The lowest BCUT2D eigenvalue weighted by atomic mass is 9.86. The Morgan fingerprint density at radius 3 is 2.32 bits per heavy atom. The normalized spacial score (nSPS) is 13.0. The molecule has 7 heteroatoms. The third-order valence-electron chi connectivity index (χ3n) is 6.47. The Hall–Kier alpha value is -4.00. The van der Waals surface area contributed by atoms with Crippen molar-refractivity contribution in [3.63, 3.8) is 0 Å². The van der Waals surface area contributed by atoms with Gasteiger partial charge in [-0.15, -0.1) is 0 Å². The van der Waals surface area contributed by atoms with Crippen LogP contribution in [0.4, 0.5) is 5.69 Å². The van der Waals surface area contributed by atoms with E-state index in [-0.39, 0.29) is 23.8 Å². The first-order valence-electron chi connectivity index (χ1n) is 12.4. The molecular weight excluding hydrogens is 468 g/mol. The van der Waals surface area contributed by atoms with E-state index in [1.165, 1.54) is 0 Å². The summed E-state index contributed by atoms with van der Waals surface area (Å²) < 4.78 is 16.3. The van der Waals surface area contributed by atoms with Gasteiger partial charge in [0, 0.05) is 12.1 Å². The quantitative estimate of drug-likeness (QED) is 0.474. The lowest BCUT2D eigenvalue weighted by Gasteiger charge is -2.31. The van der Waals surface area contributed by atoms with Gasteiger partial charge in [-0.1, -0.05) is 45.0 Å². The summed E-state index contributed by atoms with van der Waals surface area (Å²) in [6.45, 7) is 7.34. The molecule has 4 rings (SSSR count). The van der Waals surface area contributed by atoms with Crippen LogP contribution in [-0.2, 0) is 23.2 Å². The highest BCUT2D eigenvalue weighted by atomic mass is 16.5. The van der Waals surface area contributed by atoms with Crippen molar-refractivity contribution in [1.82, 2.24) is 5.32 Å². The third kappa shape index (κ3) is 6.05. The van der Waals surface area contributed by atoms with Crippen molar-refractivity contribution < 1.29 is 23.8 Å². The lowest BCUT2D eigenvalue weighted by Crippen LogP contribution is -2.38. The Labute approximate surface area is 218 Å². The number of hydrogen-bond donors (Lipinski definition) is 1. The van der Waals surface area contributed by atoms with Gasteiger partial charge in [0.05, 0.1) is 26.5 Å². The smallest absolute Gasteiger partial charge is 0.265 e. The van der Waals surface area contributed by atoms with Crippen molar-refractivity contribution in [2.24, 2.45) is 0 Å². The van der Waals surface area contributed by atoms with Crippen molar-refractivity contribution in [3.8, 4) is 17.2 Å². The average Bonchev–Trinajstić information content (AvgIpc) is 2.89. The molecule has 3 aromatic rings. The molecule has 0 unspecified atom stereocenters. The first-order chi connectivity index (χ1) is 17.7. The lowest BCUT2D eigenvalue weighted by molar-refractivity contribution is -0.121. The second kappa shape index (κ2) is 10.9. The SMILES string of the molecule is COc1ccc(CCNC(=O)c2ccc(CN3C(=O)COc4ccc(C(C)(C)C)cc43)cc2)cc1OC. The van der Waals surface area contributed by atoms with Crippen molar-refractivity contribution in [1.29, 1.82) is 0 Å². The van der Waals surface area contributed by atoms with E-state index in [9.17, 15) is 9.59 Å². The second-order valence-electron chi connectivity index (χ2n) is 10.1. The van der Waals surface area contributed by atoms with E-state index in [0.717, 1.165) is 22.4 Å². The predicted octanol–water partition coefficient (Wildman–Crippen LogP) is 4.90. The molecule has 1 N–H and O–H groups in total. The van der Waals surface area contributed by atoms with Crippen LogP contribution in [0.5, 0.6) is 17.2 Å². The molecule has 0 saturated carbocycles. The van der Waals surface area contributed by atoms with E-state index in [4.69, 9.17) is 14.2 Å². The van der Waals surface area contributed by atoms with Crippen LogP contribution in [0.2, 0.25) is 0 Å². The zero-order valence-electron chi connectivity index (χ0n) is 22.1. The fourth-order valence-corrected chi connectivity index (χ4v) is 4.24. The van der Waals surface area contributed by atoms with E-state index < -0.39 is 0 Å². The van der Waals surface area contributed by atoms with Gasteiger partial charge < -0.3 is 24.4 Å². The highest BCUT2D eigenvalue weighted by Gasteiger charge is 2.27. The van der Waals surface area contributed by atoms with Crippen molar-refractivity contribution in [3.05, 3.63) is 82.9 Å². The zero-order valence-corrected chi connectivity index (χ0v) is 22.1. The molecule has 1 aliphatic rings. The molecule has 1 aliphatic heterocycles. The first kappa shape index (κ1) is 26.1. The average molecular weight is 503 g/mol.